The van der Waals surface area contributed by atoms with E-state index in [1.807, 2.05) is 42.5 Å². The van der Waals surface area contributed by atoms with Gasteiger partial charge in [0.1, 0.15) is 5.69 Å². The fraction of sp³-hybridized carbons (Fsp3) is 0.143. The molecule has 6 nitrogen and oxygen atoms in total. The van der Waals surface area contributed by atoms with E-state index in [9.17, 15) is 9.59 Å². The number of para-hydroxylation sites is 1. The first-order valence-electron chi connectivity index (χ1n) is 8.68. The number of nitrogens with one attached hydrogen (secondary N) is 2. The van der Waals surface area contributed by atoms with Crippen LogP contribution in [0.15, 0.2) is 73.2 Å². The highest BCUT2D eigenvalue weighted by molar-refractivity contribution is 5.94. The van der Waals surface area contributed by atoms with Gasteiger partial charge in [0.05, 0.1) is 6.20 Å². The lowest BCUT2D eigenvalue weighted by Crippen LogP contribution is -2.28. The van der Waals surface area contributed by atoms with Gasteiger partial charge in [-0.2, -0.15) is 0 Å². The van der Waals surface area contributed by atoms with Gasteiger partial charge >= 0.3 is 0 Å². The van der Waals surface area contributed by atoms with E-state index >= 15 is 0 Å². The number of aromatic nitrogens is 2. The molecule has 0 saturated heterocycles. The molecule has 0 fully saturated rings. The van der Waals surface area contributed by atoms with Crippen LogP contribution in [0.2, 0.25) is 0 Å². The van der Waals surface area contributed by atoms with Gasteiger partial charge in [-0.15, -0.1) is 0 Å². The molecular formula is C21H20N4O2. The maximum atomic E-state index is 12.2. The van der Waals surface area contributed by atoms with Crippen molar-refractivity contribution in [3.05, 3.63) is 90.0 Å². The first kappa shape index (κ1) is 18.3. The third-order valence-corrected chi connectivity index (χ3v) is 3.96. The van der Waals surface area contributed by atoms with Crippen LogP contribution < -0.4 is 10.6 Å². The monoisotopic (exact) mass is 360 g/mol. The number of anilines is 1. The zero-order valence-electron chi connectivity index (χ0n) is 14.8. The number of carbonyl (C=O) groups is 2. The Kier molecular flexibility index (Phi) is 6.25. The summed E-state index contributed by atoms with van der Waals surface area (Å²) >= 11 is 0. The molecule has 0 bridgehead atoms. The first-order chi connectivity index (χ1) is 13.2. The van der Waals surface area contributed by atoms with Crippen molar-refractivity contribution >= 4 is 17.5 Å². The standard InChI is InChI=1S/C21H20N4O2/c26-20(10-11-24-21(27)19-15-22-12-13-23-19)25-18-9-5-4-8-17(18)14-16-6-2-1-3-7-16/h1-9,12-13,15H,10-11,14H2,(H,24,27)(H,25,26). The Morgan fingerprint density at radius 2 is 1.70 bits per heavy atom. The lowest BCUT2D eigenvalue weighted by molar-refractivity contribution is -0.116. The third-order valence-electron chi connectivity index (χ3n) is 3.96. The number of amides is 2. The lowest BCUT2D eigenvalue weighted by Gasteiger charge is -2.11. The normalized spacial score (nSPS) is 10.2. The highest BCUT2D eigenvalue weighted by atomic mass is 16.2. The number of hydrogen-bond donors (Lipinski definition) is 2. The molecule has 6 heteroatoms. The van der Waals surface area contributed by atoms with Gasteiger partial charge in [-0.3, -0.25) is 14.6 Å². The predicted molar refractivity (Wildman–Crippen MR) is 103 cm³/mol. The van der Waals surface area contributed by atoms with Crippen LogP contribution in [-0.4, -0.2) is 28.3 Å². The highest BCUT2D eigenvalue weighted by Gasteiger charge is 2.10. The zero-order chi connectivity index (χ0) is 18.9. The van der Waals surface area contributed by atoms with Crippen molar-refractivity contribution in [3.8, 4) is 0 Å². The zero-order valence-corrected chi connectivity index (χ0v) is 14.8. The second kappa shape index (κ2) is 9.24. The molecule has 0 saturated carbocycles. The molecule has 2 aromatic carbocycles. The largest absolute Gasteiger partial charge is 0.350 e. The van der Waals surface area contributed by atoms with Crippen LogP contribution in [0.3, 0.4) is 0 Å². The van der Waals surface area contributed by atoms with Crippen LogP contribution in [0.4, 0.5) is 5.69 Å². The highest BCUT2D eigenvalue weighted by Crippen LogP contribution is 2.19. The van der Waals surface area contributed by atoms with Gasteiger partial charge in [0.15, 0.2) is 0 Å². The SMILES string of the molecule is O=C(CCNC(=O)c1cnccn1)Nc1ccccc1Cc1ccccc1. The Labute approximate surface area is 157 Å². The van der Waals surface area contributed by atoms with Crippen molar-refractivity contribution in [2.24, 2.45) is 0 Å². The topological polar surface area (TPSA) is 84.0 Å². The summed E-state index contributed by atoms with van der Waals surface area (Å²) in [6, 6.07) is 17.8. The second-order valence-electron chi connectivity index (χ2n) is 5.96. The maximum absolute atomic E-state index is 12.2. The van der Waals surface area contributed by atoms with Gasteiger partial charge in [-0.25, -0.2) is 4.98 Å². The van der Waals surface area contributed by atoms with E-state index in [0.29, 0.717) is 0 Å². The van der Waals surface area contributed by atoms with Crippen molar-refractivity contribution in [2.75, 3.05) is 11.9 Å². The van der Waals surface area contributed by atoms with E-state index in [-0.39, 0.29) is 30.5 Å². The summed E-state index contributed by atoms with van der Waals surface area (Å²) in [6.07, 6.45) is 5.24. The van der Waals surface area contributed by atoms with Gasteiger partial charge < -0.3 is 10.6 Å². The summed E-state index contributed by atoms with van der Waals surface area (Å²) in [7, 11) is 0. The molecule has 0 spiro atoms. The summed E-state index contributed by atoms with van der Waals surface area (Å²) in [5.41, 5.74) is 3.23. The molecule has 3 aromatic rings. The molecule has 27 heavy (non-hydrogen) atoms. The molecule has 1 aromatic heterocycles. The van der Waals surface area contributed by atoms with Crippen molar-refractivity contribution in [1.29, 1.82) is 0 Å². The van der Waals surface area contributed by atoms with Gasteiger partial charge in [0.2, 0.25) is 5.91 Å². The van der Waals surface area contributed by atoms with Crippen LogP contribution in [0.25, 0.3) is 0 Å². The maximum Gasteiger partial charge on any atom is 0.271 e. The van der Waals surface area contributed by atoms with E-state index in [4.69, 9.17) is 0 Å². The number of nitrogens with zero attached hydrogens (tertiary/aromatic N) is 2. The Bertz CT molecular complexity index is 898. The average Bonchev–Trinajstić information content (AvgIpc) is 2.71. The number of hydrogen-bond acceptors (Lipinski definition) is 4. The van der Waals surface area contributed by atoms with E-state index in [0.717, 1.165) is 17.7 Å². The molecule has 0 atom stereocenters. The summed E-state index contributed by atoms with van der Waals surface area (Å²) < 4.78 is 0. The van der Waals surface area contributed by atoms with Gasteiger partial charge in [0, 0.05) is 31.0 Å². The first-order valence-corrected chi connectivity index (χ1v) is 8.68. The number of carbonyl (C=O) groups excluding carboxylic acids is 2. The van der Waals surface area contributed by atoms with Crippen molar-refractivity contribution < 1.29 is 9.59 Å². The fourth-order valence-corrected chi connectivity index (χ4v) is 2.62. The third kappa shape index (κ3) is 5.47. The second-order valence-corrected chi connectivity index (χ2v) is 5.96. The Morgan fingerprint density at radius 3 is 2.48 bits per heavy atom. The average molecular weight is 360 g/mol. The molecule has 3 rings (SSSR count). The van der Waals surface area contributed by atoms with Crippen LogP contribution in [0.1, 0.15) is 28.0 Å². The Balaban J connectivity index is 1.53. The van der Waals surface area contributed by atoms with E-state index in [2.05, 4.69) is 32.7 Å². The summed E-state index contributed by atoms with van der Waals surface area (Å²) in [5, 5.41) is 5.59. The van der Waals surface area contributed by atoms with Crippen molar-refractivity contribution in [2.45, 2.75) is 12.8 Å². The van der Waals surface area contributed by atoms with Gasteiger partial charge in [-0.1, -0.05) is 48.5 Å². The van der Waals surface area contributed by atoms with Crippen LogP contribution in [0, 0.1) is 0 Å². The molecule has 0 unspecified atom stereocenters. The molecule has 2 amide bonds. The van der Waals surface area contributed by atoms with Crippen LogP contribution in [0.5, 0.6) is 0 Å². The van der Waals surface area contributed by atoms with Gasteiger partial charge in [-0.05, 0) is 23.6 Å². The molecule has 0 aliphatic heterocycles. The number of rotatable bonds is 7. The summed E-state index contributed by atoms with van der Waals surface area (Å²) in [4.78, 5) is 31.9. The fourth-order valence-electron chi connectivity index (χ4n) is 2.62. The van der Waals surface area contributed by atoms with Crippen LogP contribution in [-0.2, 0) is 11.2 Å². The number of benzene rings is 2. The lowest BCUT2D eigenvalue weighted by atomic mass is 10.0. The smallest absolute Gasteiger partial charge is 0.271 e. The van der Waals surface area contributed by atoms with Crippen molar-refractivity contribution in [3.63, 3.8) is 0 Å². The molecular weight excluding hydrogens is 340 g/mol. The molecule has 0 radical (unpaired) electrons. The quantitative estimate of drug-likeness (QED) is 0.679. The predicted octanol–water partition coefficient (Wildman–Crippen LogP) is 2.83. The minimum Gasteiger partial charge on any atom is -0.350 e. The molecule has 0 aliphatic rings. The Morgan fingerprint density at radius 1 is 0.926 bits per heavy atom. The Hall–Kier alpha value is -3.54. The minimum absolute atomic E-state index is 0.157. The van der Waals surface area contributed by atoms with E-state index in [1.54, 1.807) is 0 Å². The van der Waals surface area contributed by atoms with E-state index in [1.165, 1.54) is 24.2 Å². The summed E-state index contributed by atoms with van der Waals surface area (Å²) in [5.74, 6) is -0.504. The van der Waals surface area contributed by atoms with Crippen LogP contribution >= 0.6 is 0 Å². The molecule has 136 valence electrons. The molecule has 2 N–H and O–H groups in total. The van der Waals surface area contributed by atoms with Crippen molar-refractivity contribution in [1.82, 2.24) is 15.3 Å². The van der Waals surface area contributed by atoms with Gasteiger partial charge in [0.25, 0.3) is 5.91 Å². The summed E-state index contributed by atoms with van der Waals surface area (Å²) in [6.45, 7) is 0.224. The minimum atomic E-state index is -0.347. The molecule has 0 aliphatic carbocycles. The molecule has 1 heterocycles. The van der Waals surface area contributed by atoms with E-state index < -0.39 is 0 Å².